The third kappa shape index (κ3) is 5.37. The zero-order valence-corrected chi connectivity index (χ0v) is 12.5. The van der Waals surface area contributed by atoms with Gasteiger partial charge in [0.25, 0.3) is 0 Å². The fourth-order valence-corrected chi connectivity index (χ4v) is 2.12. The number of pyridine rings is 1. The molecule has 1 fully saturated rings. The van der Waals surface area contributed by atoms with E-state index in [-0.39, 0.29) is 0 Å². The van der Waals surface area contributed by atoms with Crippen LogP contribution in [0.4, 0.5) is 0 Å². The average molecular weight is 283 g/mol. The number of nitrogens with one attached hydrogen (secondary N) is 1. The van der Waals surface area contributed by atoms with Crippen LogP contribution in [0, 0.1) is 5.92 Å². The van der Waals surface area contributed by atoms with E-state index in [1.54, 1.807) is 0 Å². The second-order valence-electron chi connectivity index (χ2n) is 5.67. The molecule has 0 amide bonds. The van der Waals surface area contributed by atoms with Gasteiger partial charge in [0.1, 0.15) is 5.02 Å². The van der Waals surface area contributed by atoms with Crippen LogP contribution in [0.3, 0.4) is 0 Å². The van der Waals surface area contributed by atoms with Crippen molar-refractivity contribution in [1.82, 2.24) is 10.3 Å². The van der Waals surface area contributed by atoms with E-state index >= 15 is 0 Å². The van der Waals surface area contributed by atoms with E-state index in [0.717, 1.165) is 18.5 Å². The Morgan fingerprint density at radius 1 is 1.47 bits per heavy atom. The van der Waals surface area contributed by atoms with Crippen LogP contribution in [0.15, 0.2) is 12.3 Å². The largest absolute Gasteiger partial charge is 0.477 e. The number of hydrogen-bond acceptors (Lipinski definition) is 3. The molecule has 0 unspecified atom stereocenters. The van der Waals surface area contributed by atoms with E-state index in [1.807, 2.05) is 12.3 Å². The van der Waals surface area contributed by atoms with Gasteiger partial charge in [-0.3, -0.25) is 0 Å². The molecule has 1 saturated carbocycles. The Labute approximate surface area is 120 Å². The first kappa shape index (κ1) is 14.6. The van der Waals surface area contributed by atoms with E-state index in [9.17, 15) is 0 Å². The summed E-state index contributed by atoms with van der Waals surface area (Å²) in [7, 11) is 0. The van der Waals surface area contributed by atoms with Crippen molar-refractivity contribution in [2.45, 2.75) is 52.1 Å². The molecule has 3 nitrogen and oxygen atoms in total. The summed E-state index contributed by atoms with van der Waals surface area (Å²) < 4.78 is 5.62. The first-order valence-electron chi connectivity index (χ1n) is 7.15. The maximum atomic E-state index is 6.19. The molecule has 1 aliphatic carbocycles. The van der Waals surface area contributed by atoms with Gasteiger partial charge in [0.15, 0.2) is 0 Å². The van der Waals surface area contributed by atoms with Crippen LogP contribution < -0.4 is 10.1 Å². The molecule has 19 heavy (non-hydrogen) atoms. The summed E-state index contributed by atoms with van der Waals surface area (Å²) in [6.07, 6.45) is 6.64. The summed E-state index contributed by atoms with van der Waals surface area (Å²) in [5.41, 5.74) is 1.12. The first-order valence-corrected chi connectivity index (χ1v) is 7.53. The van der Waals surface area contributed by atoms with Crippen molar-refractivity contribution in [3.63, 3.8) is 0 Å². The van der Waals surface area contributed by atoms with Crippen LogP contribution in [-0.4, -0.2) is 17.6 Å². The van der Waals surface area contributed by atoms with E-state index in [0.29, 0.717) is 29.5 Å². The van der Waals surface area contributed by atoms with E-state index in [4.69, 9.17) is 16.3 Å². The molecule has 1 aromatic heterocycles. The number of rotatable bonds is 8. The molecule has 0 atom stereocenters. The topological polar surface area (TPSA) is 34.1 Å². The van der Waals surface area contributed by atoms with E-state index in [1.165, 1.54) is 19.3 Å². The lowest BCUT2D eigenvalue weighted by Gasteiger charge is -2.09. The molecule has 0 aliphatic heterocycles. The van der Waals surface area contributed by atoms with Crippen LogP contribution in [0.1, 0.15) is 45.1 Å². The molecule has 1 N–H and O–H groups in total. The Kier molecular flexibility index (Phi) is 5.46. The molecule has 1 heterocycles. The van der Waals surface area contributed by atoms with Gasteiger partial charge in [-0.25, -0.2) is 4.98 Å². The molecular weight excluding hydrogens is 260 g/mol. The van der Waals surface area contributed by atoms with Crippen molar-refractivity contribution in [2.24, 2.45) is 5.92 Å². The highest BCUT2D eigenvalue weighted by atomic mass is 35.5. The number of aromatic nitrogens is 1. The van der Waals surface area contributed by atoms with Crippen molar-refractivity contribution in [2.75, 3.05) is 6.61 Å². The lowest BCUT2D eigenvalue weighted by Crippen LogP contribution is -2.15. The molecule has 1 aromatic rings. The Balaban J connectivity index is 1.77. The summed E-state index contributed by atoms with van der Waals surface area (Å²) in [6.45, 7) is 5.95. The quantitative estimate of drug-likeness (QED) is 0.737. The molecule has 0 saturated heterocycles. The van der Waals surface area contributed by atoms with Crippen LogP contribution in [-0.2, 0) is 6.54 Å². The maximum absolute atomic E-state index is 6.19. The van der Waals surface area contributed by atoms with E-state index in [2.05, 4.69) is 24.1 Å². The second kappa shape index (κ2) is 7.11. The highest BCUT2D eigenvalue weighted by Gasteiger charge is 2.20. The van der Waals surface area contributed by atoms with Gasteiger partial charge in [0.05, 0.1) is 6.61 Å². The minimum absolute atomic E-state index is 0.556. The van der Waals surface area contributed by atoms with E-state index < -0.39 is 0 Å². The molecular formula is C15H23ClN2O. The van der Waals surface area contributed by atoms with Crippen LogP contribution >= 0.6 is 11.6 Å². The minimum Gasteiger partial charge on any atom is -0.477 e. The molecule has 0 bridgehead atoms. The third-order valence-electron chi connectivity index (χ3n) is 3.20. The van der Waals surface area contributed by atoms with Gasteiger partial charge in [0.2, 0.25) is 5.88 Å². The Bertz CT molecular complexity index is 405. The molecule has 0 aromatic carbocycles. The van der Waals surface area contributed by atoms with Crippen molar-refractivity contribution in [3.8, 4) is 5.88 Å². The lowest BCUT2D eigenvalue weighted by molar-refractivity contribution is 0.287. The Hall–Kier alpha value is -0.800. The summed E-state index contributed by atoms with van der Waals surface area (Å²) in [4.78, 5) is 4.30. The fraction of sp³-hybridized carbons (Fsp3) is 0.667. The summed E-state index contributed by atoms with van der Waals surface area (Å²) in [5, 5.41) is 4.06. The van der Waals surface area contributed by atoms with Gasteiger partial charge < -0.3 is 10.1 Å². The summed E-state index contributed by atoms with van der Waals surface area (Å²) in [6, 6.07) is 2.65. The van der Waals surface area contributed by atoms with Crippen LogP contribution in [0.5, 0.6) is 5.88 Å². The van der Waals surface area contributed by atoms with Crippen molar-refractivity contribution >= 4 is 11.6 Å². The van der Waals surface area contributed by atoms with Gasteiger partial charge in [-0.15, -0.1) is 0 Å². The standard InChI is InChI=1S/C15H23ClN2O/c1-11(2)4-3-7-19-15-14(16)8-12(10-18-15)9-17-13-5-6-13/h8,10-11,13,17H,3-7,9H2,1-2H3. The van der Waals surface area contributed by atoms with Gasteiger partial charge >= 0.3 is 0 Å². The molecule has 4 heteroatoms. The van der Waals surface area contributed by atoms with Crippen molar-refractivity contribution in [3.05, 3.63) is 22.8 Å². The normalized spacial score (nSPS) is 14.9. The summed E-state index contributed by atoms with van der Waals surface area (Å²) >= 11 is 6.19. The molecule has 1 aliphatic rings. The zero-order chi connectivity index (χ0) is 13.7. The van der Waals surface area contributed by atoms with Gasteiger partial charge in [0, 0.05) is 18.8 Å². The highest BCUT2D eigenvalue weighted by molar-refractivity contribution is 6.31. The Morgan fingerprint density at radius 2 is 2.26 bits per heavy atom. The van der Waals surface area contributed by atoms with Gasteiger partial charge in [-0.1, -0.05) is 25.4 Å². The van der Waals surface area contributed by atoms with Gasteiger partial charge in [-0.2, -0.15) is 0 Å². The molecule has 2 rings (SSSR count). The van der Waals surface area contributed by atoms with Crippen LogP contribution in [0.2, 0.25) is 5.02 Å². The monoisotopic (exact) mass is 282 g/mol. The van der Waals surface area contributed by atoms with Gasteiger partial charge in [-0.05, 0) is 43.2 Å². The molecule has 0 spiro atoms. The highest BCUT2D eigenvalue weighted by Crippen LogP contribution is 2.24. The third-order valence-corrected chi connectivity index (χ3v) is 3.47. The lowest BCUT2D eigenvalue weighted by atomic mass is 10.1. The van der Waals surface area contributed by atoms with Crippen molar-refractivity contribution in [1.29, 1.82) is 0 Å². The summed E-state index contributed by atoms with van der Waals surface area (Å²) in [5.74, 6) is 1.27. The SMILES string of the molecule is CC(C)CCCOc1ncc(CNC2CC2)cc1Cl. The zero-order valence-electron chi connectivity index (χ0n) is 11.8. The smallest absolute Gasteiger partial charge is 0.232 e. The first-order chi connectivity index (χ1) is 9.15. The maximum Gasteiger partial charge on any atom is 0.232 e. The van der Waals surface area contributed by atoms with Crippen LogP contribution in [0.25, 0.3) is 0 Å². The minimum atomic E-state index is 0.556. The number of hydrogen-bond donors (Lipinski definition) is 1. The number of nitrogens with zero attached hydrogens (tertiary/aromatic N) is 1. The number of ether oxygens (including phenoxy) is 1. The second-order valence-corrected chi connectivity index (χ2v) is 6.08. The predicted molar refractivity (Wildman–Crippen MR) is 78.7 cm³/mol. The molecule has 106 valence electrons. The Morgan fingerprint density at radius 3 is 2.89 bits per heavy atom. The predicted octanol–water partition coefficient (Wildman–Crippen LogP) is 3.80. The fourth-order valence-electron chi connectivity index (χ4n) is 1.88. The molecule has 0 radical (unpaired) electrons. The average Bonchev–Trinajstić information content (AvgIpc) is 3.17. The van der Waals surface area contributed by atoms with Crippen molar-refractivity contribution < 1.29 is 4.74 Å². The number of halogens is 1.